The van der Waals surface area contributed by atoms with E-state index in [-0.39, 0.29) is 11.4 Å². The zero-order valence-electron chi connectivity index (χ0n) is 20.8. The van der Waals surface area contributed by atoms with Crippen molar-refractivity contribution in [1.82, 2.24) is 19.9 Å². The first-order valence-electron chi connectivity index (χ1n) is 12.9. The van der Waals surface area contributed by atoms with Gasteiger partial charge in [0.25, 0.3) is 0 Å². The average Bonchev–Trinajstić information content (AvgIpc) is 3.37. The van der Waals surface area contributed by atoms with Gasteiger partial charge in [-0.1, -0.05) is 83.3 Å². The van der Waals surface area contributed by atoms with E-state index in [0.29, 0.717) is 0 Å². The Kier molecular flexibility index (Phi) is 10.3. The number of hydrogen-bond acceptors (Lipinski definition) is 2. The maximum Gasteiger partial charge on any atom is 0.323 e. The second-order valence-electron chi connectivity index (χ2n) is 9.37. The maximum absolute atomic E-state index is 11.2. The Morgan fingerprint density at radius 1 is 0.559 bits per heavy atom. The molecule has 2 aromatic carbocycles. The minimum Gasteiger partial charge on any atom is -0.306 e. The number of aryl methyl sites for hydroxylation is 2. The first-order chi connectivity index (χ1) is 16.5. The fraction of sp³-hybridized carbons (Fsp3) is 0.500. The van der Waals surface area contributed by atoms with Crippen molar-refractivity contribution in [3.8, 4) is 0 Å². The molecule has 0 bridgehead atoms. The highest BCUT2D eigenvalue weighted by atomic mass is 16.1. The molecule has 34 heavy (non-hydrogen) atoms. The smallest absolute Gasteiger partial charge is 0.306 e. The molecule has 6 nitrogen and oxygen atoms in total. The highest BCUT2D eigenvalue weighted by molar-refractivity contribution is 5.75. The molecule has 2 heterocycles. The van der Waals surface area contributed by atoms with Gasteiger partial charge in [0.05, 0.1) is 22.1 Å². The van der Waals surface area contributed by atoms with E-state index in [4.69, 9.17) is 0 Å². The minimum atomic E-state index is -0.148. The van der Waals surface area contributed by atoms with Crippen LogP contribution in [0.1, 0.15) is 88.7 Å². The van der Waals surface area contributed by atoms with Crippen molar-refractivity contribution in [2.45, 2.75) is 90.9 Å². The number of benzene rings is 2. The minimum absolute atomic E-state index is 0.119. The van der Waals surface area contributed by atoms with Crippen molar-refractivity contribution >= 4 is 22.1 Å². The van der Waals surface area contributed by atoms with E-state index in [1.54, 1.807) is 0 Å². The molecule has 0 aliphatic heterocycles. The number of H-pyrrole nitrogens is 4. The van der Waals surface area contributed by atoms with Crippen molar-refractivity contribution in [3.05, 3.63) is 68.5 Å². The Hall–Kier alpha value is -3.02. The molecule has 0 spiro atoms. The fourth-order valence-electron chi connectivity index (χ4n) is 4.37. The van der Waals surface area contributed by atoms with Crippen LogP contribution in [0.5, 0.6) is 0 Å². The van der Waals surface area contributed by atoms with E-state index in [2.05, 4.69) is 39.0 Å². The monoisotopic (exact) mass is 464 g/mol. The number of hydrogen-bond donors (Lipinski definition) is 4. The van der Waals surface area contributed by atoms with Crippen LogP contribution < -0.4 is 11.4 Å². The van der Waals surface area contributed by atoms with Gasteiger partial charge in [-0.25, -0.2) is 9.59 Å². The van der Waals surface area contributed by atoms with E-state index in [0.717, 1.165) is 34.1 Å². The van der Waals surface area contributed by atoms with Gasteiger partial charge in [0.1, 0.15) is 0 Å². The normalized spacial score (nSPS) is 11.1. The molecule has 184 valence electrons. The molecule has 4 rings (SSSR count). The lowest BCUT2D eigenvalue weighted by Crippen LogP contribution is -1.99. The molecule has 0 amide bonds. The molecular weight excluding hydrogens is 424 g/mol. The molecule has 6 heteroatoms. The van der Waals surface area contributed by atoms with Crippen molar-refractivity contribution < 1.29 is 0 Å². The lowest BCUT2D eigenvalue weighted by molar-refractivity contribution is 0.549. The molecule has 0 radical (unpaired) electrons. The van der Waals surface area contributed by atoms with Gasteiger partial charge in [-0.3, -0.25) is 0 Å². The van der Waals surface area contributed by atoms with Gasteiger partial charge < -0.3 is 19.9 Å². The molecule has 0 aliphatic rings. The number of nitrogens with one attached hydrogen (secondary N) is 4. The first kappa shape index (κ1) is 25.6. The number of aromatic nitrogens is 4. The number of imidazole rings is 2. The van der Waals surface area contributed by atoms with E-state index in [9.17, 15) is 9.59 Å². The number of rotatable bonds is 12. The van der Waals surface area contributed by atoms with Gasteiger partial charge >= 0.3 is 11.4 Å². The summed E-state index contributed by atoms with van der Waals surface area (Å²) in [7, 11) is 0. The first-order valence-corrected chi connectivity index (χ1v) is 12.9. The SMILES string of the molecule is CCCCCCCCCCCCCc1ccc2[nH]c(=O)[nH]c2c1.Cc1ccc2[nH]c(=O)[nH]c2c1. The van der Waals surface area contributed by atoms with E-state index in [1.165, 1.54) is 76.2 Å². The van der Waals surface area contributed by atoms with Crippen LogP contribution in [0.4, 0.5) is 0 Å². The third-order valence-electron chi connectivity index (χ3n) is 6.32. The molecule has 4 aromatic rings. The van der Waals surface area contributed by atoms with Crippen molar-refractivity contribution in [2.75, 3.05) is 0 Å². The highest BCUT2D eigenvalue weighted by Crippen LogP contribution is 2.15. The third-order valence-corrected chi connectivity index (χ3v) is 6.32. The molecule has 2 aromatic heterocycles. The van der Waals surface area contributed by atoms with Crippen LogP contribution in [0.3, 0.4) is 0 Å². The number of fused-ring (bicyclic) bond motifs is 2. The van der Waals surface area contributed by atoms with E-state index >= 15 is 0 Å². The van der Waals surface area contributed by atoms with Crippen LogP contribution in [0.25, 0.3) is 22.1 Å². The molecule has 0 saturated heterocycles. The number of aromatic amines is 4. The zero-order chi connectivity index (χ0) is 24.2. The summed E-state index contributed by atoms with van der Waals surface area (Å²) in [6.45, 7) is 4.26. The predicted molar refractivity (Wildman–Crippen MR) is 143 cm³/mol. The van der Waals surface area contributed by atoms with Crippen LogP contribution in [0.2, 0.25) is 0 Å². The maximum atomic E-state index is 11.2. The summed E-state index contributed by atoms with van der Waals surface area (Å²) in [6, 6.07) is 12.0. The Bertz CT molecular complexity index is 1240. The van der Waals surface area contributed by atoms with Gasteiger partial charge in [0.15, 0.2) is 0 Å². The van der Waals surface area contributed by atoms with Crippen LogP contribution in [-0.2, 0) is 6.42 Å². The Morgan fingerprint density at radius 3 is 1.62 bits per heavy atom. The standard InChI is InChI=1S/C20H32N2O.C8H8N2O/c1-2-3-4-5-6-7-8-9-10-11-12-13-17-14-15-18-19(16-17)22-20(23)21-18;1-5-2-3-6-7(4-5)10-8(11)9-6/h14-16H,2-13H2,1H3,(H2,21,22,23);2-4H,1H3,(H2,9,10,11). The second kappa shape index (κ2) is 13.6. The largest absolute Gasteiger partial charge is 0.323 e. The van der Waals surface area contributed by atoms with Gasteiger partial charge in [0, 0.05) is 0 Å². The summed E-state index contributed by atoms with van der Waals surface area (Å²) < 4.78 is 0. The Balaban J connectivity index is 0.000000243. The summed E-state index contributed by atoms with van der Waals surface area (Å²) in [6.07, 6.45) is 16.3. The topological polar surface area (TPSA) is 97.3 Å². The van der Waals surface area contributed by atoms with Gasteiger partial charge in [-0.05, 0) is 55.2 Å². The predicted octanol–water partition coefficient (Wildman–Crippen LogP) is 6.87. The molecular formula is C28H40N4O2. The van der Waals surface area contributed by atoms with Crippen molar-refractivity contribution in [2.24, 2.45) is 0 Å². The lowest BCUT2D eigenvalue weighted by Gasteiger charge is -2.03. The summed E-state index contributed by atoms with van der Waals surface area (Å²) in [5.74, 6) is 0. The van der Waals surface area contributed by atoms with Crippen LogP contribution in [0, 0.1) is 6.92 Å². The van der Waals surface area contributed by atoms with Gasteiger partial charge in [-0.15, -0.1) is 0 Å². The molecule has 0 fully saturated rings. The summed E-state index contributed by atoms with van der Waals surface area (Å²) in [4.78, 5) is 33.0. The summed E-state index contributed by atoms with van der Waals surface area (Å²) in [5.41, 5.74) is 5.76. The van der Waals surface area contributed by atoms with Gasteiger partial charge in [0.2, 0.25) is 0 Å². The summed E-state index contributed by atoms with van der Waals surface area (Å²) >= 11 is 0. The Labute approximate surface area is 201 Å². The highest BCUT2D eigenvalue weighted by Gasteiger charge is 2.00. The zero-order valence-corrected chi connectivity index (χ0v) is 20.8. The molecule has 4 N–H and O–H groups in total. The quantitative estimate of drug-likeness (QED) is 0.172. The van der Waals surface area contributed by atoms with E-state index in [1.807, 2.05) is 31.2 Å². The number of unbranched alkanes of at least 4 members (excludes halogenated alkanes) is 10. The molecule has 0 atom stereocenters. The van der Waals surface area contributed by atoms with Crippen LogP contribution >= 0.6 is 0 Å². The molecule has 0 unspecified atom stereocenters. The van der Waals surface area contributed by atoms with E-state index < -0.39 is 0 Å². The Morgan fingerprint density at radius 2 is 1.03 bits per heavy atom. The lowest BCUT2D eigenvalue weighted by atomic mass is 10.0. The fourth-order valence-corrected chi connectivity index (χ4v) is 4.37. The third kappa shape index (κ3) is 8.40. The van der Waals surface area contributed by atoms with Crippen LogP contribution in [-0.4, -0.2) is 19.9 Å². The van der Waals surface area contributed by atoms with Crippen LogP contribution in [0.15, 0.2) is 46.0 Å². The summed E-state index contributed by atoms with van der Waals surface area (Å²) in [5, 5.41) is 0. The molecule has 0 aliphatic carbocycles. The molecule has 0 saturated carbocycles. The average molecular weight is 465 g/mol. The van der Waals surface area contributed by atoms with Gasteiger partial charge in [-0.2, -0.15) is 0 Å². The van der Waals surface area contributed by atoms with Crippen molar-refractivity contribution in [3.63, 3.8) is 0 Å². The second-order valence-corrected chi connectivity index (χ2v) is 9.37. The van der Waals surface area contributed by atoms with Crippen molar-refractivity contribution in [1.29, 1.82) is 0 Å².